The molecule has 2 amide bonds. The minimum absolute atomic E-state index is 0.115. The second-order valence-electron chi connectivity index (χ2n) is 9.28. The number of piperidine rings is 1. The van der Waals surface area contributed by atoms with Crippen molar-refractivity contribution in [3.05, 3.63) is 24.3 Å². The summed E-state index contributed by atoms with van der Waals surface area (Å²) in [6.45, 7) is 4.73. The number of carbonyl (C=O) groups excluding carboxylic acids is 2. The molecule has 2 saturated carbocycles. The van der Waals surface area contributed by atoms with Crippen LogP contribution < -0.4 is 5.32 Å². The number of nitrogens with one attached hydrogen (secondary N) is 1. The predicted octanol–water partition coefficient (Wildman–Crippen LogP) is 1.09. The third-order valence-corrected chi connectivity index (χ3v) is 7.48. The summed E-state index contributed by atoms with van der Waals surface area (Å²) in [4.78, 5) is 39.1. The number of carbonyl (C=O) groups is 2. The van der Waals surface area contributed by atoms with Crippen LogP contribution in [0.3, 0.4) is 0 Å². The summed E-state index contributed by atoms with van der Waals surface area (Å²) in [5.74, 6) is 0.353. The summed E-state index contributed by atoms with van der Waals surface area (Å²) in [7, 11) is 0. The Labute approximate surface area is 177 Å². The summed E-state index contributed by atoms with van der Waals surface area (Å²) in [5, 5.41) is 3.27. The fraction of sp³-hybridized carbons (Fsp3) is 0.727. The minimum atomic E-state index is -0.485. The van der Waals surface area contributed by atoms with Gasteiger partial charge in [-0.3, -0.25) is 19.5 Å². The third kappa shape index (κ3) is 3.83. The number of amides is 2. The molecule has 1 aromatic rings. The van der Waals surface area contributed by atoms with Crippen molar-refractivity contribution in [3.63, 3.8) is 0 Å². The highest BCUT2D eigenvalue weighted by Crippen LogP contribution is 2.48. The van der Waals surface area contributed by atoms with Crippen LogP contribution in [0.15, 0.2) is 18.6 Å². The number of likely N-dealkylation sites (tertiary alicyclic amines) is 1. The molecular formula is C22H31N5O3. The highest BCUT2D eigenvalue weighted by atomic mass is 16.5. The van der Waals surface area contributed by atoms with Gasteiger partial charge in [0, 0.05) is 50.7 Å². The monoisotopic (exact) mass is 413 g/mol. The first-order valence-corrected chi connectivity index (χ1v) is 11.3. The Kier molecular flexibility index (Phi) is 5.45. The van der Waals surface area contributed by atoms with Gasteiger partial charge in [-0.15, -0.1) is 0 Å². The van der Waals surface area contributed by atoms with E-state index >= 15 is 0 Å². The number of hydrogen-bond acceptors (Lipinski definition) is 6. The van der Waals surface area contributed by atoms with Gasteiger partial charge in [-0.25, -0.2) is 4.98 Å². The van der Waals surface area contributed by atoms with Crippen LogP contribution in [0.5, 0.6) is 0 Å². The van der Waals surface area contributed by atoms with Crippen molar-refractivity contribution in [1.29, 1.82) is 0 Å². The molecule has 4 fully saturated rings. The van der Waals surface area contributed by atoms with Crippen LogP contribution >= 0.6 is 0 Å². The number of fused-ring (bicyclic) bond motifs is 1. The standard InChI is InChI=1S/C22H31N5O3/c28-20(19-14-23-6-7-24-19)27-8-4-16-13-18(26-9-11-30-12-10-26)3-5-22(16,15-27)21(29)25-17-1-2-17/h6-7,14,16-18H,1-5,8-13,15H2,(H,25,29)/t16-,18-,22-/m1/s1. The fourth-order valence-corrected chi connectivity index (χ4v) is 5.58. The molecule has 2 aliphatic heterocycles. The van der Waals surface area contributed by atoms with E-state index in [0.29, 0.717) is 36.8 Å². The molecule has 0 radical (unpaired) electrons. The maximum atomic E-state index is 13.5. The molecule has 0 aromatic carbocycles. The summed E-state index contributed by atoms with van der Waals surface area (Å²) in [6.07, 6.45) is 10.5. The van der Waals surface area contributed by atoms with Gasteiger partial charge < -0.3 is 15.0 Å². The molecule has 2 aliphatic carbocycles. The Hall–Kier alpha value is -2.06. The van der Waals surface area contributed by atoms with Crippen LogP contribution in [0.1, 0.15) is 49.0 Å². The smallest absolute Gasteiger partial charge is 0.274 e. The van der Waals surface area contributed by atoms with Gasteiger partial charge in [0.05, 0.1) is 24.8 Å². The number of nitrogens with zero attached hydrogens (tertiary/aromatic N) is 4. The third-order valence-electron chi connectivity index (χ3n) is 7.48. The van der Waals surface area contributed by atoms with Crippen molar-refractivity contribution >= 4 is 11.8 Å². The van der Waals surface area contributed by atoms with Crippen molar-refractivity contribution in [2.24, 2.45) is 11.3 Å². The number of hydrogen-bond donors (Lipinski definition) is 1. The van der Waals surface area contributed by atoms with Gasteiger partial charge in [-0.1, -0.05) is 0 Å². The van der Waals surface area contributed by atoms with Crippen LogP contribution in [-0.4, -0.2) is 83.1 Å². The molecule has 0 spiro atoms. The molecule has 8 heteroatoms. The van der Waals surface area contributed by atoms with Gasteiger partial charge in [0.1, 0.15) is 5.69 Å². The van der Waals surface area contributed by atoms with E-state index < -0.39 is 5.41 Å². The number of morpholine rings is 1. The molecule has 0 unspecified atom stereocenters. The number of rotatable bonds is 4. The number of ether oxygens (including phenoxy) is 1. The first-order valence-electron chi connectivity index (χ1n) is 11.3. The lowest BCUT2D eigenvalue weighted by Crippen LogP contribution is -2.61. The van der Waals surface area contributed by atoms with Gasteiger partial charge >= 0.3 is 0 Å². The van der Waals surface area contributed by atoms with Gasteiger partial charge in [0.2, 0.25) is 5.91 Å². The van der Waals surface area contributed by atoms with Crippen molar-refractivity contribution in [2.75, 3.05) is 39.4 Å². The first kappa shape index (κ1) is 19.9. The summed E-state index contributed by atoms with van der Waals surface area (Å²) < 4.78 is 5.53. The quantitative estimate of drug-likeness (QED) is 0.795. The van der Waals surface area contributed by atoms with E-state index in [1.54, 1.807) is 12.4 Å². The highest BCUT2D eigenvalue weighted by Gasteiger charge is 2.54. The van der Waals surface area contributed by atoms with Crippen LogP contribution in [0.25, 0.3) is 0 Å². The molecule has 1 N–H and O–H groups in total. The van der Waals surface area contributed by atoms with Crippen LogP contribution in [0.2, 0.25) is 0 Å². The molecule has 1 aromatic heterocycles. The zero-order valence-corrected chi connectivity index (χ0v) is 17.5. The Balaban J connectivity index is 1.35. The zero-order chi connectivity index (χ0) is 20.6. The molecular weight excluding hydrogens is 382 g/mol. The van der Waals surface area contributed by atoms with Gasteiger partial charge in [0.15, 0.2) is 0 Å². The second kappa shape index (κ2) is 8.23. The maximum absolute atomic E-state index is 13.5. The lowest BCUT2D eigenvalue weighted by molar-refractivity contribution is -0.143. The van der Waals surface area contributed by atoms with E-state index in [9.17, 15) is 9.59 Å². The van der Waals surface area contributed by atoms with Crippen molar-refractivity contribution in [1.82, 2.24) is 25.1 Å². The Morgan fingerprint density at radius 2 is 1.93 bits per heavy atom. The largest absolute Gasteiger partial charge is 0.379 e. The van der Waals surface area contributed by atoms with E-state index in [-0.39, 0.29) is 11.8 Å². The summed E-state index contributed by atoms with van der Waals surface area (Å²) >= 11 is 0. The van der Waals surface area contributed by atoms with E-state index in [4.69, 9.17) is 4.74 Å². The van der Waals surface area contributed by atoms with Crippen LogP contribution in [0, 0.1) is 11.3 Å². The Morgan fingerprint density at radius 3 is 2.67 bits per heavy atom. The molecule has 4 aliphatic rings. The van der Waals surface area contributed by atoms with E-state index in [1.807, 2.05) is 4.90 Å². The molecule has 3 heterocycles. The molecule has 8 nitrogen and oxygen atoms in total. The first-order chi connectivity index (χ1) is 14.7. The molecule has 0 bridgehead atoms. The Morgan fingerprint density at radius 1 is 1.10 bits per heavy atom. The van der Waals surface area contributed by atoms with Gasteiger partial charge in [-0.05, 0) is 44.4 Å². The van der Waals surface area contributed by atoms with E-state index in [1.165, 1.54) is 6.20 Å². The maximum Gasteiger partial charge on any atom is 0.274 e. The highest BCUT2D eigenvalue weighted by molar-refractivity contribution is 5.93. The molecule has 3 atom stereocenters. The fourth-order valence-electron chi connectivity index (χ4n) is 5.58. The average Bonchev–Trinajstić information content (AvgIpc) is 3.63. The second-order valence-corrected chi connectivity index (χ2v) is 9.28. The van der Waals surface area contributed by atoms with Crippen molar-refractivity contribution in [3.8, 4) is 0 Å². The lowest BCUT2D eigenvalue weighted by atomic mass is 9.60. The van der Waals surface area contributed by atoms with Crippen LogP contribution in [-0.2, 0) is 9.53 Å². The summed E-state index contributed by atoms with van der Waals surface area (Å²) in [6, 6.07) is 0.846. The summed E-state index contributed by atoms with van der Waals surface area (Å²) in [5.41, 5.74) is -0.127. The molecule has 30 heavy (non-hydrogen) atoms. The van der Waals surface area contributed by atoms with Gasteiger partial charge in [-0.2, -0.15) is 0 Å². The van der Waals surface area contributed by atoms with E-state index in [2.05, 4.69) is 20.2 Å². The zero-order valence-electron chi connectivity index (χ0n) is 17.5. The van der Waals surface area contributed by atoms with Crippen molar-refractivity contribution in [2.45, 2.75) is 50.6 Å². The molecule has 162 valence electrons. The van der Waals surface area contributed by atoms with Gasteiger partial charge in [0.25, 0.3) is 5.91 Å². The Bertz CT molecular complexity index is 780. The van der Waals surface area contributed by atoms with Crippen molar-refractivity contribution < 1.29 is 14.3 Å². The van der Waals surface area contributed by atoms with Crippen LogP contribution in [0.4, 0.5) is 0 Å². The number of aromatic nitrogens is 2. The molecule has 2 saturated heterocycles. The normalized spacial score (nSPS) is 32.3. The minimum Gasteiger partial charge on any atom is -0.379 e. The molecule has 5 rings (SSSR count). The average molecular weight is 414 g/mol. The topological polar surface area (TPSA) is 87.7 Å². The lowest BCUT2D eigenvalue weighted by Gasteiger charge is -2.53. The van der Waals surface area contributed by atoms with E-state index in [0.717, 1.165) is 64.8 Å². The SMILES string of the molecule is O=C(c1cnccn1)N1CC[C@@H]2C[C@H](N3CCOCC3)CC[C@@]2(C(=O)NC2CC2)C1. The predicted molar refractivity (Wildman–Crippen MR) is 110 cm³/mol.